The van der Waals surface area contributed by atoms with Crippen molar-refractivity contribution in [1.29, 1.82) is 0 Å². The highest BCUT2D eigenvalue weighted by molar-refractivity contribution is 6.10. The highest BCUT2D eigenvalue weighted by atomic mass is 19.4. The number of rotatable bonds is 6. The molecule has 0 fully saturated rings. The highest BCUT2D eigenvalue weighted by Crippen LogP contribution is 2.43. The Morgan fingerprint density at radius 3 is 2.42 bits per heavy atom. The number of amides is 2. The summed E-state index contributed by atoms with van der Waals surface area (Å²) in [6.07, 6.45) is -4.55. The van der Waals surface area contributed by atoms with Gasteiger partial charge in [-0.1, -0.05) is 13.8 Å². The Labute approximate surface area is 178 Å². The van der Waals surface area contributed by atoms with E-state index in [0.717, 1.165) is 25.2 Å². The third-order valence-corrected chi connectivity index (χ3v) is 5.11. The lowest BCUT2D eigenvalue weighted by Crippen LogP contribution is -2.38. The summed E-state index contributed by atoms with van der Waals surface area (Å²) < 4.78 is 45.7. The van der Waals surface area contributed by atoms with Gasteiger partial charge in [0.05, 0.1) is 16.8 Å². The Morgan fingerprint density at radius 1 is 1.10 bits per heavy atom. The van der Waals surface area contributed by atoms with Crippen molar-refractivity contribution in [3.05, 3.63) is 47.5 Å². The molecule has 0 aliphatic carbocycles. The van der Waals surface area contributed by atoms with E-state index in [1.807, 2.05) is 13.8 Å². The van der Waals surface area contributed by atoms with Crippen molar-refractivity contribution >= 4 is 23.2 Å². The fraction of sp³-hybridized carbons (Fsp3) is 0.364. The number of hydrogen-bond donors (Lipinski definition) is 1. The van der Waals surface area contributed by atoms with Gasteiger partial charge in [0.1, 0.15) is 5.75 Å². The van der Waals surface area contributed by atoms with Crippen molar-refractivity contribution in [3.8, 4) is 11.5 Å². The summed E-state index contributed by atoms with van der Waals surface area (Å²) in [7, 11) is 0. The number of benzene rings is 2. The van der Waals surface area contributed by atoms with Gasteiger partial charge in [0.15, 0.2) is 5.75 Å². The monoisotopic (exact) mass is 435 g/mol. The summed E-state index contributed by atoms with van der Waals surface area (Å²) in [6.45, 7) is 7.74. The van der Waals surface area contributed by atoms with Crippen LogP contribution in [-0.4, -0.2) is 42.9 Å². The topological polar surface area (TPSA) is 61.9 Å². The van der Waals surface area contributed by atoms with E-state index in [4.69, 9.17) is 4.74 Å². The minimum absolute atomic E-state index is 0.0681. The second kappa shape index (κ2) is 8.97. The van der Waals surface area contributed by atoms with Crippen molar-refractivity contribution in [1.82, 2.24) is 4.90 Å². The zero-order valence-corrected chi connectivity index (χ0v) is 17.5. The Bertz CT molecular complexity index is 988. The van der Waals surface area contributed by atoms with Crippen LogP contribution in [0, 0.1) is 0 Å². The highest BCUT2D eigenvalue weighted by Gasteiger charge is 2.34. The standard InChI is InChI=1S/C22H24F3N3O3/c1-4-27(5-2)10-11-28-18-9-6-15(22(23,24)25)12-20(18)31-19-13-16(26-14(3)29)7-8-17(19)21(28)30/h6-9,12-13H,4-5,10-11H2,1-3H3,(H,26,29). The van der Waals surface area contributed by atoms with Gasteiger partial charge >= 0.3 is 6.18 Å². The average molecular weight is 435 g/mol. The number of carbonyl (C=O) groups is 2. The number of anilines is 2. The Morgan fingerprint density at radius 2 is 1.81 bits per heavy atom. The molecule has 6 nitrogen and oxygen atoms in total. The van der Waals surface area contributed by atoms with E-state index in [0.29, 0.717) is 12.2 Å². The van der Waals surface area contributed by atoms with Crippen LogP contribution < -0.4 is 15.0 Å². The summed E-state index contributed by atoms with van der Waals surface area (Å²) in [5.41, 5.74) is -0.0196. The van der Waals surface area contributed by atoms with Gasteiger partial charge < -0.3 is 19.9 Å². The molecular formula is C22H24F3N3O3. The average Bonchev–Trinajstić information content (AvgIpc) is 2.81. The number of halogens is 3. The fourth-order valence-electron chi connectivity index (χ4n) is 3.44. The van der Waals surface area contributed by atoms with E-state index >= 15 is 0 Å². The van der Waals surface area contributed by atoms with E-state index in [1.54, 1.807) is 6.07 Å². The summed E-state index contributed by atoms with van der Waals surface area (Å²) in [4.78, 5) is 28.2. The molecule has 1 heterocycles. The van der Waals surface area contributed by atoms with Gasteiger partial charge in [0, 0.05) is 31.8 Å². The van der Waals surface area contributed by atoms with Crippen LogP contribution in [0.1, 0.15) is 36.7 Å². The zero-order valence-electron chi connectivity index (χ0n) is 17.5. The van der Waals surface area contributed by atoms with Crippen molar-refractivity contribution in [2.75, 3.05) is 36.4 Å². The molecule has 3 rings (SSSR count). The van der Waals surface area contributed by atoms with Crippen molar-refractivity contribution < 1.29 is 27.5 Å². The quantitative estimate of drug-likeness (QED) is 0.711. The maximum Gasteiger partial charge on any atom is 0.416 e. The molecule has 0 saturated carbocycles. The predicted molar refractivity (Wildman–Crippen MR) is 112 cm³/mol. The number of fused-ring (bicyclic) bond motifs is 2. The number of nitrogens with one attached hydrogen (secondary N) is 1. The van der Waals surface area contributed by atoms with Crippen molar-refractivity contribution in [3.63, 3.8) is 0 Å². The van der Waals surface area contributed by atoms with E-state index in [-0.39, 0.29) is 41.1 Å². The smallest absolute Gasteiger partial charge is 0.416 e. The fourth-order valence-corrected chi connectivity index (χ4v) is 3.44. The molecule has 0 unspecified atom stereocenters. The number of carbonyl (C=O) groups excluding carboxylic acids is 2. The molecule has 0 saturated heterocycles. The maximum atomic E-state index is 13.3. The molecule has 0 bridgehead atoms. The molecule has 166 valence electrons. The van der Waals surface area contributed by atoms with Crippen LogP contribution in [0.25, 0.3) is 0 Å². The minimum atomic E-state index is -4.55. The summed E-state index contributed by atoms with van der Waals surface area (Å²) in [5, 5.41) is 2.59. The normalized spacial score (nSPS) is 13.4. The van der Waals surface area contributed by atoms with Crippen LogP contribution >= 0.6 is 0 Å². The van der Waals surface area contributed by atoms with Gasteiger partial charge in [0.2, 0.25) is 5.91 Å². The largest absolute Gasteiger partial charge is 0.454 e. The maximum absolute atomic E-state index is 13.3. The van der Waals surface area contributed by atoms with Crippen molar-refractivity contribution in [2.45, 2.75) is 26.9 Å². The first kappa shape index (κ1) is 22.6. The molecule has 0 spiro atoms. The lowest BCUT2D eigenvalue weighted by molar-refractivity contribution is -0.137. The van der Waals surface area contributed by atoms with Crippen LogP contribution in [0.15, 0.2) is 36.4 Å². The molecule has 2 amide bonds. The first-order valence-electron chi connectivity index (χ1n) is 9.99. The van der Waals surface area contributed by atoms with Crippen LogP contribution in [0.4, 0.5) is 24.5 Å². The second-order valence-corrected chi connectivity index (χ2v) is 7.16. The van der Waals surface area contributed by atoms with E-state index < -0.39 is 11.7 Å². The van der Waals surface area contributed by atoms with Gasteiger partial charge in [-0.25, -0.2) is 0 Å². The van der Waals surface area contributed by atoms with Crippen LogP contribution in [0.3, 0.4) is 0 Å². The molecule has 9 heteroatoms. The molecule has 2 aromatic rings. The van der Waals surface area contributed by atoms with Gasteiger partial charge in [-0.3, -0.25) is 9.59 Å². The van der Waals surface area contributed by atoms with E-state index in [2.05, 4.69) is 10.2 Å². The molecule has 0 atom stereocenters. The van der Waals surface area contributed by atoms with Crippen LogP contribution in [0.2, 0.25) is 0 Å². The van der Waals surface area contributed by atoms with Gasteiger partial charge in [0.25, 0.3) is 5.91 Å². The summed E-state index contributed by atoms with van der Waals surface area (Å²) in [5.74, 6) is -0.681. The van der Waals surface area contributed by atoms with Crippen molar-refractivity contribution in [2.24, 2.45) is 0 Å². The molecule has 0 radical (unpaired) electrons. The van der Waals surface area contributed by atoms with Gasteiger partial charge in [-0.15, -0.1) is 0 Å². The Hall–Kier alpha value is -3.07. The third-order valence-electron chi connectivity index (χ3n) is 5.11. The molecule has 1 N–H and O–H groups in total. The van der Waals surface area contributed by atoms with E-state index in [9.17, 15) is 22.8 Å². The molecule has 2 aromatic carbocycles. The number of alkyl halides is 3. The molecular weight excluding hydrogens is 411 g/mol. The lowest BCUT2D eigenvalue weighted by atomic mass is 10.1. The summed E-state index contributed by atoms with van der Waals surface area (Å²) >= 11 is 0. The lowest BCUT2D eigenvalue weighted by Gasteiger charge is -2.26. The van der Waals surface area contributed by atoms with Crippen LogP contribution in [0.5, 0.6) is 11.5 Å². The number of hydrogen-bond acceptors (Lipinski definition) is 4. The molecule has 1 aliphatic heterocycles. The zero-order chi connectivity index (χ0) is 22.8. The number of likely N-dealkylation sites (N-methyl/N-ethyl adjacent to an activating group) is 1. The minimum Gasteiger partial charge on any atom is -0.454 e. The van der Waals surface area contributed by atoms with Gasteiger partial charge in [-0.2, -0.15) is 13.2 Å². The number of ether oxygens (including phenoxy) is 1. The Balaban J connectivity index is 2.08. The molecule has 0 aromatic heterocycles. The summed E-state index contributed by atoms with van der Waals surface area (Å²) in [6, 6.07) is 7.60. The number of nitrogens with zero attached hydrogens (tertiary/aromatic N) is 2. The predicted octanol–water partition coefficient (Wildman–Crippen LogP) is 4.76. The van der Waals surface area contributed by atoms with E-state index in [1.165, 1.54) is 30.0 Å². The van der Waals surface area contributed by atoms with Gasteiger partial charge in [-0.05, 0) is 43.4 Å². The first-order chi connectivity index (χ1) is 14.6. The molecule has 31 heavy (non-hydrogen) atoms. The SMILES string of the molecule is CCN(CC)CCN1C(=O)c2ccc(NC(C)=O)cc2Oc2cc(C(F)(F)F)ccc21. The third kappa shape index (κ3) is 4.99. The Kier molecular flexibility index (Phi) is 6.54. The second-order valence-electron chi connectivity index (χ2n) is 7.16. The first-order valence-corrected chi connectivity index (χ1v) is 9.99. The molecule has 1 aliphatic rings. The van der Waals surface area contributed by atoms with Crippen LogP contribution in [-0.2, 0) is 11.0 Å².